The SMILES string of the molecule is O=C(CC(c1c[nH]c2cc(OCCCNc3ccccn3)ccc12)C1CC1)OC(=O)C(F)(F)F. The van der Waals surface area contributed by atoms with E-state index in [4.69, 9.17) is 4.74 Å². The van der Waals surface area contributed by atoms with E-state index in [2.05, 4.69) is 20.0 Å². The maximum atomic E-state index is 12.4. The Hall–Kier alpha value is -3.56. The summed E-state index contributed by atoms with van der Waals surface area (Å²) in [5, 5.41) is 4.07. The molecule has 2 heterocycles. The predicted octanol–water partition coefficient (Wildman–Crippen LogP) is 4.96. The van der Waals surface area contributed by atoms with Crippen molar-refractivity contribution in [3.63, 3.8) is 0 Å². The summed E-state index contributed by atoms with van der Waals surface area (Å²) in [4.78, 5) is 30.3. The van der Waals surface area contributed by atoms with Gasteiger partial charge in [0.2, 0.25) is 0 Å². The van der Waals surface area contributed by atoms with Crippen molar-refractivity contribution in [1.29, 1.82) is 0 Å². The summed E-state index contributed by atoms with van der Waals surface area (Å²) in [6.45, 7) is 1.21. The van der Waals surface area contributed by atoms with E-state index in [0.717, 1.165) is 41.5 Å². The highest BCUT2D eigenvalue weighted by molar-refractivity contribution is 5.90. The van der Waals surface area contributed by atoms with Crippen molar-refractivity contribution in [2.45, 2.75) is 37.8 Å². The first-order valence-electron chi connectivity index (χ1n) is 11.0. The Morgan fingerprint density at radius 2 is 2.03 bits per heavy atom. The number of hydrogen-bond donors (Lipinski definition) is 2. The third kappa shape index (κ3) is 6.06. The van der Waals surface area contributed by atoms with Crippen LogP contribution in [0.15, 0.2) is 48.8 Å². The number of benzene rings is 1. The topological polar surface area (TPSA) is 93.3 Å². The van der Waals surface area contributed by atoms with Crippen LogP contribution in [-0.4, -0.2) is 41.2 Å². The highest BCUT2D eigenvalue weighted by atomic mass is 19.4. The van der Waals surface area contributed by atoms with Gasteiger partial charge in [0.05, 0.1) is 13.0 Å². The Balaban J connectivity index is 1.34. The number of aromatic nitrogens is 2. The fourth-order valence-corrected chi connectivity index (χ4v) is 3.88. The lowest BCUT2D eigenvalue weighted by molar-refractivity contribution is -0.202. The molecule has 0 amide bonds. The molecular weight excluding hydrogens is 451 g/mol. The van der Waals surface area contributed by atoms with E-state index in [1.54, 1.807) is 12.4 Å². The van der Waals surface area contributed by atoms with Gasteiger partial charge >= 0.3 is 18.1 Å². The van der Waals surface area contributed by atoms with Gasteiger partial charge in [0.25, 0.3) is 0 Å². The van der Waals surface area contributed by atoms with Crippen molar-refractivity contribution >= 4 is 28.7 Å². The van der Waals surface area contributed by atoms with Gasteiger partial charge in [-0.1, -0.05) is 6.07 Å². The van der Waals surface area contributed by atoms with E-state index in [1.165, 1.54) is 0 Å². The van der Waals surface area contributed by atoms with Crippen LogP contribution < -0.4 is 10.1 Å². The van der Waals surface area contributed by atoms with Crippen molar-refractivity contribution in [2.75, 3.05) is 18.5 Å². The fraction of sp³-hybridized carbons (Fsp3) is 0.375. The summed E-state index contributed by atoms with van der Waals surface area (Å²) in [5.74, 6) is -2.34. The molecule has 1 fully saturated rings. The average molecular weight is 475 g/mol. The molecule has 1 aliphatic rings. The lowest BCUT2D eigenvalue weighted by Crippen LogP contribution is -2.28. The number of rotatable bonds is 10. The Labute approximate surface area is 193 Å². The molecule has 1 unspecified atom stereocenters. The Morgan fingerprint density at radius 1 is 1.21 bits per heavy atom. The predicted molar refractivity (Wildman–Crippen MR) is 118 cm³/mol. The van der Waals surface area contributed by atoms with Gasteiger partial charge < -0.3 is 19.8 Å². The van der Waals surface area contributed by atoms with E-state index in [1.807, 2.05) is 36.4 Å². The number of nitrogens with zero attached hydrogens (tertiary/aromatic N) is 1. The minimum atomic E-state index is -5.20. The molecule has 1 aliphatic carbocycles. The maximum Gasteiger partial charge on any atom is 0.491 e. The van der Waals surface area contributed by atoms with Crippen LogP contribution >= 0.6 is 0 Å². The number of ether oxygens (including phenoxy) is 2. The Kier molecular flexibility index (Phi) is 7.04. The quantitative estimate of drug-likeness (QED) is 0.245. The molecule has 2 N–H and O–H groups in total. The molecule has 0 spiro atoms. The van der Waals surface area contributed by atoms with Crippen LogP contribution in [0.5, 0.6) is 5.75 Å². The summed E-state index contributed by atoms with van der Waals surface area (Å²) >= 11 is 0. The van der Waals surface area contributed by atoms with Crippen molar-refractivity contribution in [3.05, 3.63) is 54.4 Å². The molecule has 7 nitrogen and oxygen atoms in total. The molecular formula is C24H24F3N3O4. The van der Waals surface area contributed by atoms with Gasteiger partial charge in [0.1, 0.15) is 11.6 Å². The zero-order chi connectivity index (χ0) is 24.1. The third-order valence-corrected chi connectivity index (χ3v) is 5.66. The van der Waals surface area contributed by atoms with Gasteiger partial charge in [-0.25, -0.2) is 9.78 Å². The fourth-order valence-electron chi connectivity index (χ4n) is 3.88. The van der Waals surface area contributed by atoms with E-state index in [-0.39, 0.29) is 18.3 Å². The summed E-state index contributed by atoms with van der Waals surface area (Å²) < 4.78 is 47.0. The summed E-state index contributed by atoms with van der Waals surface area (Å²) in [6, 6.07) is 11.2. The first-order valence-corrected chi connectivity index (χ1v) is 11.0. The molecule has 10 heteroatoms. The third-order valence-electron chi connectivity index (χ3n) is 5.66. The number of carbonyl (C=O) groups excluding carboxylic acids is 2. The number of fused-ring (bicyclic) bond motifs is 1. The van der Waals surface area contributed by atoms with Crippen molar-refractivity contribution in [1.82, 2.24) is 9.97 Å². The second kappa shape index (κ2) is 10.1. The van der Waals surface area contributed by atoms with Gasteiger partial charge in [-0.3, -0.25) is 4.79 Å². The zero-order valence-corrected chi connectivity index (χ0v) is 18.2. The molecule has 4 rings (SSSR count). The van der Waals surface area contributed by atoms with Gasteiger partial charge in [0.15, 0.2) is 0 Å². The largest absolute Gasteiger partial charge is 0.493 e. The molecule has 180 valence electrons. The van der Waals surface area contributed by atoms with E-state index >= 15 is 0 Å². The molecule has 1 aromatic carbocycles. The number of carbonyl (C=O) groups is 2. The van der Waals surface area contributed by atoms with Crippen molar-refractivity contribution in [2.24, 2.45) is 5.92 Å². The number of halogens is 3. The molecule has 1 atom stereocenters. The van der Waals surface area contributed by atoms with Crippen LogP contribution in [0.2, 0.25) is 0 Å². The van der Waals surface area contributed by atoms with Gasteiger partial charge in [0, 0.05) is 35.9 Å². The molecule has 34 heavy (non-hydrogen) atoms. The van der Waals surface area contributed by atoms with Crippen LogP contribution in [-0.2, 0) is 14.3 Å². The van der Waals surface area contributed by atoms with Gasteiger partial charge in [-0.2, -0.15) is 13.2 Å². The number of pyridine rings is 1. The number of alkyl halides is 3. The van der Waals surface area contributed by atoms with Crippen molar-refractivity contribution in [3.8, 4) is 5.75 Å². The first kappa shape index (κ1) is 23.6. The molecule has 0 saturated heterocycles. The normalized spacial score (nSPS) is 14.6. The summed E-state index contributed by atoms with van der Waals surface area (Å²) in [5.41, 5.74) is 1.62. The van der Waals surface area contributed by atoms with Crippen LogP contribution in [0.4, 0.5) is 19.0 Å². The zero-order valence-electron chi connectivity index (χ0n) is 18.2. The monoisotopic (exact) mass is 475 g/mol. The smallest absolute Gasteiger partial charge is 0.491 e. The summed E-state index contributed by atoms with van der Waals surface area (Å²) in [7, 11) is 0. The number of esters is 2. The molecule has 2 aromatic heterocycles. The van der Waals surface area contributed by atoms with Crippen LogP contribution in [0.3, 0.4) is 0 Å². The summed E-state index contributed by atoms with van der Waals surface area (Å²) in [6.07, 6.45) is 0.492. The van der Waals surface area contributed by atoms with Crippen LogP contribution in [0.25, 0.3) is 10.9 Å². The first-order chi connectivity index (χ1) is 16.3. The molecule has 0 bridgehead atoms. The molecule has 0 aliphatic heterocycles. The van der Waals surface area contributed by atoms with Crippen LogP contribution in [0.1, 0.15) is 37.2 Å². The number of H-pyrrole nitrogens is 1. The number of hydrogen-bond acceptors (Lipinski definition) is 6. The van der Waals surface area contributed by atoms with E-state index in [0.29, 0.717) is 18.9 Å². The highest BCUT2D eigenvalue weighted by Gasteiger charge is 2.43. The molecule has 0 radical (unpaired) electrons. The van der Waals surface area contributed by atoms with Crippen molar-refractivity contribution < 1.29 is 32.2 Å². The number of nitrogens with one attached hydrogen (secondary N) is 2. The lowest BCUT2D eigenvalue weighted by Gasteiger charge is -2.15. The molecule has 1 saturated carbocycles. The minimum absolute atomic E-state index is 0.162. The second-order valence-electron chi connectivity index (χ2n) is 8.20. The van der Waals surface area contributed by atoms with Gasteiger partial charge in [-0.05, 0) is 60.9 Å². The second-order valence-corrected chi connectivity index (χ2v) is 8.20. The minimum Gasteiger partial charge on any atom is -0.493 e. The Bertz CT molecular complexity index is 1140. The average Bonchev–Trinajstić information content (AvgIpc) is 3.56. The standard InChI is InChI=1S/C24H24F3N3O4/c25-24(26,27)23(32)34-22(31)13-18(15-5-6-15)19-14-30-20-12-16(7-8-17(19)20)33-11-3-10-29-21-4-1-2-9-28-21/h1-2,4,7-9,12,14-15,18,30H,3,5-6,10-11,13H2,(H,28,29). The molecule has 3 aromatic rings. The number of anilines is 1. The van der Waals surface area contributed by atoms with Crippen LogP contribution in [0, 0.1) is 5.92 Å². The number of aromatic amines is 1. The maximum absolute atomic E-state index is 12.4. The lowest BCUT2D eigenvalue weighted by atomic mass is 9.90. The van der Waals surface area contributed by atoms with Gasteiger partial charge in [-0.15, -0.1) is 0 Å². The van der Waals surface area contributed by atoms with E-state index < -0.39 is 18.1 Å². The van der Waals surface area contributed by atoms with E-state index in [9.17, 15) is 22.8 Å². The highest BCUT2D eigenvalue weighted by Crippen LogP contribution is 2.46. The Morgan fingerprint density at radius 3 is 2.74 bits per heavy atom.